The summed E-state index contributed by atoms with van der Waals surface area (Å²) in [5.74, 6) is 0. The third-order valence-corrected chi connectivity index (χ3v) is 10.4. The van der Waals surface area contributed by atoms with Gasteiger partial charge >= 0.3 is 0 Å². The van der Waals surface area contributed by atoms with Gasteiger partial charge in [-0.15, -0.1) is 0 Å². The maximum atomic E-state index is 5.34. The van der Waals surface area contributed by atoms with Gasteiger partial charge in [0.2, 0.25) is 0 Å². The van der Waals surface area contributed by atoms with E-state index in [2.05, 4.69) is 170 Å². The third kappa shape index (κ3) is 4.45. The van der Waals surface area contributed by atoms with Gasteiger partial charge in [0.05, 0.1) is 11.2 Å². The van der Waals surface area contributed by atoms with Crippen molar-refractivity contribution >= 4 is 71.3 Å². The Balaban J connectivity index is 1.11. The number of para-hydroxylation sites is 1. The first-order valence-corrected chi connectivity index (χ1v) is 17.0. The first kappa shape index (κ1) is 27.8. The van der Waals surface area contributed by atoms with Gasteiger partial charge < -0.3 is 5.32 Å². The average molecular weight is 625 g/mol. The van der Waals surface area contributed by atoms with Crippen molar-refractivity contribution in [2.75, 3.05) is 11.9 Å². The van der Waals surface area contributed by atoms with E-state index < -0.39 is 0 Å². The summed E-state index contributed by atoms with van der Waals surface area (Å²) in [6.07, 6.45) is 2.29. The van der Waals surface area contributed by atoms with E-state index in [1.807, 2.05) is 0 Å². The van der Waals surface area contributed by atoms with Gasteiger partial charge in [-0.3, -0.25) is 0 Å². The van der Waals surface area contributed by atoms with Crippen LogP contribution in [0.3, 0.4) is 0 Å². The first-order valence-electron chi connectivity index (χ1n) is 17.0. The van der Waals surface area contributed by atoms with E-state index in [0.29, 0.717) is 0 Å². The largest absolute Gasteiger partial charge is 0.380 e. The fourth-order valence-electron chi connectivity index (χ4n) is 7.93. The molecule has 0 saturated carbocycles. The lowest BCUT2D eigenvalue weighted by molar-refractivity contribution is 1.31. The minimum Gasteiger partial charge on any atom is -0.380 e. The number of rotatable bonds is 3. The summed E-state index contributed by atoms with van der Waals surface area (Å²) in [7, 11) is 0. The number of fused-ring (bicyclic) bond motifs is 10. The summed E-state index contributed by atoms with van der Waals surface area (Å²) < 4.78 is 0. The van der Waals surface area contributed by atoms with Crippen molar-refractivity contribution in [3.63, 3.8) is 0 Å². The highest BCUT2D eigenvalue weighted by molar-refractivity contribution is 6.26. The molecule has 0 bridgehead atoms. The molecule has 1 N–H and O–H groups in total. The van der Waals surface area contributed by atoms with Crippen LogP contribution in [-0.4, -0.2) is 11.5 Å². The first-order chi connectivity index (χ1) is 24.2. The maximum Gasteiger partial charge on any atom is 0.0790 e. The molecule has 0 amide bonds. The summed E-state index contributed by atoms with van der Waals surface area (Å²) in [5.41, 5.74) is 11.8. The van der Waals surface area contributed by atoms with Gasteiger partial charge in [-0.1, -0.05) is 127 Å². The summed E-state index contributed by atoms with van der Waals surface area (Å²) in [6.45, 7) is 3.04. The van der Waals surface area contributed by atoms with Crippen molar-refractivity contribution in [2.24, 2.45) is 0 Å². The average Bonchev–Trinajstić information content (AvgIpc) is 3.17. The van der Waals surface area contributed by atoms with Crippen LogP contribution in [0.15, 0.2) is 152 Å². The molecule has 1 aromatic heterocycles. The van der Waals surface area contributed by atoms with E-state index in [9.17, 15) is 0 Å². The Morgan fingerprint density at radius 2 is 1.04 bits per heavy atom. The van der Waals surface area contributed by atoms with Crippen molar-refractivity contribution in [3.8, 4) is 22.4 Å². The van der Waals surface area contributed by atoms with Crippen molar-refractivity contribution in [1.82, 2.24) is 4.98 Å². The van der Waals surface area contributed by atoms with Gasteiger partial charge in [-0.25, -0.2) is 4.98 Å². The second kappa shape index (κ2) is 10.9. The normalized spacial score (nSPS) is 12.8. The number of hydrogen-bond donors (Lipinski definition) is 1. The Hall–Kier alpha value is -6.25. The minimum absolute atomic E-state index is 0.821. The molecule has 0 radical (unpaired) electrons. The highest BCUT2D eigenvalue weighted by atomic mass is 14.9. The van der Waals surface area contributed by atoms with Gasteiger partial charge in [0, 0.05) is 28.6 Å². The number of aryl methyl sites for hydroxylation is 1. The lowest BCUT2D eigenvalue weighted by atomic mass is 9.89. The summed E-state index contributed by atoms with van der Waals surface area (Å²) >= 11 is 0. The van der Waals surface area contributed by atoms with E-state index in [0.717, 1.165) is 23.3 Å². The third-order valence-electron chi connectivity index (χ3n) is 10.4. The number of benzene rings is 8. The van der Waals surface area contributed by atoms with Gasteiger partial charge in [0.25, 0.3) is 0 Å². The minimum atomic E-state index is 0.821. The Morgan fingerprint density at radius 1 is 0.469 bits per heavy atom. The van der Waals surface area contributed by atoms with E-state index in [1.54, 1.807) is 0 Å². The molecule has 8 aromatic carbocycles. The second-order valence-electron chi connectivity index (χ2n) is 13.2. The van der Waals surface area contributed by atoms with Crippen LogP contribution in [-0.2, 0) is 0 Å². The standard InChI is InChI=1S/C47H32N2/c1-29-24-46(31-20-18-30(19-21-31)34-25-33-10-2-9-17-45(33)48-28-34)49-47-41-16-8-7-15-39(41)43(27-42(29)47)32-22-23-40-37-13-4-3-11-35(37)36-12-5-6-14-38(36)44(40)26-32/h2-27,48H,28H2,1H3. The molecule has 2 nitrogen and oxygen atoms in total. The smallest absolute Gasteiger partial charge is 0.0790 e. The molecule has 0 atom stereocenters. The monoisotopic (exact) mass is 624 g/mol. The molecular formula is C47H32N2. The predicted octanol–water partition coefficient (Wildman–Crippen LogP) is 12.5. The molecule has 2 heteroatoms. The molecule has 2 heterocycles. The maximum absolute atomic E-state index is 5.34. The molecule has 49 heavy (non-hydrogen) atoms. The molecule has 0 fully saturated rings. The van der Waals surface area contributed by atoms with Gasteiger partial charge in [0.1, 0.15) is 0 Å². The molecule has 1 aliphatic heterocycles. The Morgan fingerprint density at radius 3 is 1.78 bits per heavy atom. The molecule has 0 spiro atoms. The van der Waals surface area contributed by atoms with E-state index >= 15 is 0 Å². The van der Waals surface area contributed by atoms with Crippen LogP contribution in [0.2, 0.25) is 0 Å². The highest BCUT2D eigenvalue weighted by Gasteiger charge is 2.16. The van der Waals surface area contributed by atoms with Crippen LogP contribution >= 0.6 is 0 Å². The van der Waals surface area contributed by atoms with Crippen LogP contribution in [0.4, 0.5) is 5.69 Å². The summed E-state index contributed by atoms with van der Waals surface area (Å²) in [4.78, 5) is 5.34. The zero-order valence-corrected chi connectivity index (χ0v) is 27.2. The predicted molar refractivity (Wildman–Crippen MR) is 210 cm³/mol. The van der Waals surface area contributed by atoms with Gasteiger partial charge in [-0.2, -0.15) is 0 Å². The van der Waals surface area contributed by atoms with Crippen molar-refractivity contribution in [2.45, 2.75) is 6.92 Å². The summed E-state index contributed by atoms with van der Waals surface area (Å²) in [5, 5.41) is 14.9. The molecule has 0 saturated heterocycles. The molecule has 0 aliphatic carbocycles. The van der Waals surface area contributed by atoms with Gasteiger partial charge in [-0.05, 0) is 108 Å². The van der Waals surface area contributed by atoms with E-state index in [1.165, 1.54) is 87.6 Å². The molecule has 1 aliphatic rings. The fourth-order valence-corrected chi connectivity index (χ4v) is 7.93. The molecule has 0 unspecified atom stereocenters. The Kier molecular flexibility index (Phi) is 6.19. The zero-order chi connectivity index (χ0) is 32.5. The Labute approximate surface area is 285 Å². The number of aromatic nitrogens is 1. The second-order valence-corrected chi connectivity index (χ2v) is 13.2. The van der Waals surface area contributed by atoms with Crippen molar-refractivity contribution < 1.29 is 0 Å². The van der Waals surface area contributed by atoms with Crippen LogP contribution in [0.25, 0.3) is 88.0 Å². The molecule has 10 rings (SSSR count). The number of nitrogens with one attached hydrogen (secondary N) is 1. The lowest BCUT2D eigenvalue weighted by Crippen LogP contribution is -2.09. The SMILES string of the molecule is Cc1cc(-c2ccc(C3=Cc4ccccc4NC3)cc2)nc2c1cc(-c1ccc3c4ccccc4c4ccccc4c3c1)c1ccccc12. The number of nitrogens with zero attached hydrogens (tertiary/aromatic N) is 1. The van der Waals surface area contributed by atoms with Crippen LogP contribution in [0.5, 0.6) is 0 Å². The fraction of sp³-hybridized carbons (Fsp3) is 0.0426. The quantitative estimate of drug-likeness (QED) is 0.198. The molecule has 230 valence electrons. The van der Waals surface area contributed by atoms with E-state index in [4.69, 9.17) is 4.98 Å². The number of anilines is 1. The van der Waals surface area contributed by atoms with Crippen LogP contribution < -0.4 is 5.32 Å². The van der Waals surface area contributed by atoms with Crippen molar-refractivity contribution in [1.29, 1.82) is 0 Å². The van der Waals surface area contributed by atoms with Crippen LogP contribution in [0, 0.1) is 6.92 Å². The van der Waals surface area contributed by atoms with Gasteiger partial charge in [0.15, 0.2) is 0 Å². The molecule has 9 aromatic rings. The van der Waals surface area contributed by atoms with E-state index in [-0.39, 0.29) is 0 Å². The lowest BCUT2D eigenvalue weighted by Gasteiger charge is -2.19. The summed E-state index contributed by atoms with van der Waals surface area (Å²) in [6, 6.07) is 55.3. The Bertz CT molecular complexity index is 2790. The number of pyridine rings is 1. The highest BCUT2D eigenvalue weighted by Crippen LogP contribution is 2.41. The molecular weight excluding hydrogens is 593 g/mol. The topological polar surface area (TPSA) is 24.9 Å². The van der Waals surface area contributed by atoms with Crippen molar-refractivity contribution in [3.05, 3.63) is 168 Å². The number of hydrogen-bond acceptors (Lipinski definition) is 2. The zero-order valence-electron chi connectivity index (χ0n) is 27.2. The van der Waals surface area contributed by atoms with Crippen LogP contribution in [0.1, 0.15) is 16.7 Å².